The first-order chi connectivity index (χ1) is 24.5. The highest BCUT2D eigenvalue weighted by molar-refractivity contribution is 8.76. The number of H-pyrrole nitrogens is 2. The molecule has 0 unspecified atom stereocenters. The summed E-state index contributed by atoms with van der Waals surface area (Å²) in [7, 11) is 7.01. The van der Waals surface area contributed by atoms with Crippen LogP contribution in [0.3, 0.4) is 0 Å². The van der Waals surface area contributed by atoms with E-state index in [0.717, 1.165) is 90.9 Å². The SMILES string of the molecule is COc1cc[n+](-c2nc3ccc(-n4cccc4)cc3[nH]2)c(CSSCc2c(C)c(OC)cc[n+]2-c2nc3ccc(-n4cccc4)cc3[nH]2)c1C.[Cl-].[Cl-]. The predicted octanol–water partition coefficient (Wildman–Crippen LogP) is 1.30. The lowest BCUT2D eigenvalue weighted by molar-refractivity contribution is -0.611. The third-order valence-corrected chi connectivity index (χ3v) is 11.2. The summed E-state index contributed by atoms with van der Waals surface area (Å²) in [6.45, 7) is 4.21. The van der Waals surface area contributed by atoms with Gasteiger partial charge in [0.15, 0.2) is 11.0 Å². The minimum atomic E-state index is 0. The number of rotatable bonds is 11. The Morgan fingerprint density at radius 1 is 0.615 bits per heavy atom. The number of halogens is 2. The van der Waals surface area contributed by atoms with Crippen molar-refractivity contribution in [3.63, 3.8) is 0 Å². The van der Waals surface area contributed by atoms with E-state index in [1.165, 1.54) is 0 Å². The number of hydrogen-bond donors (Lipinski definition) is 2. The molecule has 2 aromatic carbocycles. The van der Waals surface area contributed by atoms with E-state index < -0.39 is 0 Å². The summed E-state index contributed by atoms with van der Waals surface area (Å²) in [5.41, 5.74) is 10.3. The number of aromatic amines is 2. The van der Waals surface area contributed by atoms with Crippen LogP contribution >= 0.6 is 21.6 Å². The number of benzene rings is 2. The molecule has 52 heavy (non-hydrogen) atoms. The number of aromatic nitrogens is 8. The second-order valence-corrected chi connectivity index (χ2v) is 14.3. The van der Waals surface area contributed by atoms with E-state index in [2.05, 4.69) is 78.5 Å². The molecule has 0 aliphatic rings. The Kier molecular flexibility index (Phi) is 11.2. The van der Waals surface area contributed by atoms with Gasteiger partial charge in [-0.05, 0) is 62.4 Å². The van der Waals surface area contributed by atoms with Gasteiger partial charge in [0, 0.05) is 71.6 Å². The summed E-state index contributed by atoms with van der Waals surface area (Å²) < 4.78 is 19.9. The van der Waals surface area contributed by atoms with E-state index in [1.54, 1.807) is 35.8 Å². The average Bonchev–Trinajstić information content (AvgIpc) is 3.97. The molecule has 0 aliphatic heterocycles. The second-order valence-electron chi connectivity index (χ2n) is 11.9. The zero-order valence-corrected chi connectivity index (χ0v) is 32.0. The fourth-order valence-corrected chi connectivity index (χ4v) is 8.55. The van der Waals surface area contributed by atoms with Crippen LogP contribution in [0.5, 0.6) is 11.5 Å². The zero-order valence-electron chi connectivity index (χ0n) is 28.9. The molecule has 0 atom stereocenters. The molecular weight excluding hydrogens is 736 g/mol. The van der Waals surface area contributed by atoms with Crippen LogP contribution in [0.2, 0.25) is 0 Å². The van der Waals surface area contributed by atoms with Gasteiger partial charge in [-0.3, -0.25) is 0 Å². The Labute approximate surface area is 321 Å². The van der Waals surface area contributed by atoms with Crippen molar-refractivity contribution >= 4 is 43.7 Å². The third kappa shape index (κ3) is 6.99. The fraction of sp³-hybridized carbons (Fsp3) is 0.158. The first-order valence-electron chi connectivity index (χ1n) is 16.2. The number of imidazole rings is 2. The van der Waals surface area contributed by atoms with Crippen molar-refractivity contribution < 1.29 is 43.4 Å². The molecule has 0 saturated carbocycles. The van der Waals surface area contributed by atoms with Gasteiger partial charge in [-0.1, -0.05) is 31.6 Å². The maximum Gasteiger partial charge on any atom is 0.402 e. The number of methoxy groups -OCH3 is 2. The molecule has 0 amide bonds. The van der Waals surface area contributed by atoms with Crippen molar-refractivity contribution in [3.05, 3.63) is 132 Å². The van der Waals surface area contributed by atoms with Crippen molar-refractivity contribution in [3.8, 4) is 34.8 Å². The van der Waals surface area contributed by atoms with Gasteiger partial charge >= 0.3 is 11.9 Å². The topological polar surface area (TPSA) is 93.4 Å². The summed E-state index contributed by atoms with van der Waals surface area (Å²) >= 11 is 0. The normalized spacial score (nSPS) is 11.1. The molecule has 0 aliphatic carbocycles. The van der Waals surface area contributed by atoms with Gasteiger partial charge < -0.3 is 43.4 Å². The van der Waals surface area contributed by atoms with Crippen LogP contribution < -0.4 is 43.4 Å². The first kappa shape index (κ1) is 36.9. The minimum Gasteiger partial charge on any atom is -1.00 e. The predicted molar refractivity (Wildman–Crippen MR) is 199 cm³/mol. The maximum absolute atomic E-state index is 5.74. The van der Waals surface area contributed by atoms with Gasteiger partial charge in [-0.15, -0.1) is 0 Å². The molecule has 10 nitrogen and oxygen atoms in total. The molecule has 266 valence electrons. The van der Waals surface area contributed by atoms with Gasteiger partial charge in [0.05, 0.1) is 38.1 Å². The molecule has 14 heteroatoms. The highest BCUT2D eigenvalue weighted by Gasteiger charge is 2.24. The lowest BCUT2D eigenvalue weighted by Crippen LogP contribution is -3.00. The van der Waals surface area contributed by atoms with Gasteiger partial charge in [0.1, 0.15) is 33.9 Å². The fourth-order valence-electron chi connectivity index (χ4n) is 6.28. The molecule has 0 saturated heterocycles. The van der Waals surface area contributed by atoms with Crippen LogP contribution in [0, 0.1) is 13.8 Å². The summed E-state index contributed by atoms with van der Waals surface area (Å²) in [6, 6.07) is 24.6. The Morgan fingerprint density at radius 2 is 1.02 bits per heavy atom. The first-order valence-corrected chi connectivity index (χ1v) is 18.7. The van der Waals surface area contributed by atoms with Crippen LogP contribution in [-0.4, -0.2) is 43.3 Å². The summed E-state index contributed by atoms with van der Waals surface area (Å²) in [5.74, 6) is 4.69. The minimum absolute atomic E-state index is 0. The molecule has 0 fully saturated rings. The van der Waals surface area contributed by atoms with Crippen molar-refractivity contribution in [2.75, 3.05) is 14.2 Å². The number of hydrogen-bond acceptors (Lipinski definition) is 6. The van der Waals surface area contributed by atoms with E-state index in [4.69, 9.17) is 19.4 Å². The van der Waals surface area contributed by atoms with Crippen LogP contribution in [0.15, 0.2) is 110 Å². The Hall–Kier alpha value is -4.88. The summed E-state index contributed by atoms with van der Waals surface area (Å²) in [5, 5.41) is 0. The second kappa shape index (κ2) is 15.8. The Balaban J connectivity index is 0.00000232. The molecule has 0 bridgehead atoms. The van der Waals surface area contributed by atoms with E-state index >= 15 is 0 Å². The van der Waals surface area contributed by atoms with Crippen LogP contribution in [-0.2, 0) is 11.5 Å². The lowest BCUT2D eigenvalue weighted by Gasteiger charge is -2.14. The number of fused-ring (bicyclic) bond motifs is 2. The summed E-state index contributed by atoms with van der Waals surface area (Å²) in [6.07, 6.45) is 12.2. The largest absolute Gasteiger partial charge is 1.00 e. The van der Waals surface area contributed by atoms with Gasteiger partial charge in [-0.2, -0.15) is 0 Å². The van der Waals surface area contributed by atoms with Crippen molar-refractivity contribution in [1.29, 1.82) is 0 Å². The molecular formula is C38H36Cl2N8O2S2. The van der Waals surface area contributed by atoms with Crippen molar-refractivity contribution in [2.24, 2.45) is 0 Å². The van der Waals surface area contributed by atoms with Crippen molar-refractivity contribution in [1.82, 2.24) is 29.1 Å². The van der Waals surface area contributed by atoms with Gasteiger partial charge in [-0.25, -0.2) is 19.1 Å². The standard InChI is InChI=1S/C38H36N8O2S2.2ClH/c1-25-33(45(19-13-35(25)47-3)37-39-29-11-9-27(21-31(29)41-37)43-15-5-6-16-43)23-49-50-24-34-26(2)36(48-4)14-20-46(34)38-40-30-12-10-28(22-32(30)42-38)44-17-7-8-18-44;;/h5-22H,23-24H2,1-4H3,(H,39,41)(H,40,42);2*1H/q+2;;/p-2. The van der Waals surface area contributed by atoms with E-state index in [9.17, 15) is 0 Å². The molecule has 6 heterocycles. The molecule has 0 radical (unpaired) electrons. The lowest BCUT2D eigenvalue weighted by atomic mass is 10.2. The maximum atomic E-state index is 5.74. The van der Waals surface area contributed by atoms with E-state index in [1.807, 2.05) is 73.6 Å². The highest BCUT2D eigenvalue weighted by atomic mass is 35.5. The Morgan fingerprint density at radius 3 is 1.40 bits per heavy atom. The van der Waals surface area contributed by atoms with Gasteiger partial charge in [0.2, 0.25) is 0 Å². The Bertz CT molecular complexity index is 2290. The molecule has 2 N–H and O–H groups in total. The van der Waals surface area contributed by atoms with Gasteiger partial charge in [0.25, 0.3) is 0 Å². The van der Waals surface area contributed by atoms with E-state index in [-0.39, 0.29) is 24.8 Å². The molecule has 0 spiro atoms. The number of ether oxygens (including phenoxy) is 2. The third-order valence-electron chi connectivity index (χ3n) is 9.02. The van der Waals surface area contributed by atoms with E-state index in [0.29, 0.717) is 0 Å². The highest BCUT2D eigenvalue weighted by Crippen LogP contribution is 2.33. The average molecular weight is 772 g/mol. The summed E-state index contributed by atoms with van der Waals surface area (Å²) in [4.78, 5) is 17.0. The van der Waals surface area contributed by atoms with Crippen LogP contribution in [0.4, 0.5) is 0 Å². The van der Waals surface area contributed by atoms with Crippen molar-refractivity contribution in [2.45, 2.75) is 25.4 Å². The number of pyridine rings is 2. The van der Waals surface area contributed by atoms with Crippen LogP contribution in [0.1, 0.15) is 22.5 Å². The zero-order chi connectivity index (χ0) is 34.2. The number of nitrogens with one attached hydrogen (secondary N) is 2. The molecule has 8 rings (SSSR count). The van der Waals surface area contributed by atoms with Crippen LogP contribution in [0.25, 0.3) is 45.3 Å². The quantitative estimate of drug-likeness (QED) is 0.117. The number of nitrogens with zero attached hydrogens (tertiary/aromatic N) is 6. The molecule has 8 aromatic rings. The monoisotopic (exact) mass is 770 g/mol. The molecule has 6 aromatic heterocycles. The smallest absolute Gasteiger partial charge is 0.402 e.